The van der Waals surface area contributed by atoms with Gasteiger partial charge in [0, 0.05) is 25.9 Å². The van der Waals surface area contributed by atoms with E-state index in [4.69, 9.17) is 0 Å². The predicted molar refractivity (Wildman–Crippen MR) is 75.2 cm³/mol. The Kier molecular flexibility index (Phi) is 3.05. The summed E-state index contributed by atoms with van der Waals surface area (Å²) in [5.41, 5.74) is 3.00. The molecule has 8 nitrogen and oxygen atoms in total. The summed E-state index contributed by atoms with van der Waals surface area (Å²) < 4.78 is 0.971. The maximum Gasteiger partial charge on any atom is 0.330 e. The molecule has 0 amide bonds. The zero-order valence-corrected chi connectivity index (χ0v) is 11.2. The quantitative estimate of drug-likeness (QED) is 0.696. The fourth-order valence-corrected chi connectivity index (χ4v) is 2.26. The number of hydrogen-bond donors (Lipinski definition) is 3. The molecule has 2 aromatic rings. The Labute approximate surface area is 118 Å². The molecule has 1 atom stereocenters. The minimum absolute atomic E-state index is 0.0150. The van der Waals surface area contributed by atoms with Crippen LogP contribution in [0.15, 0.2) is 39.2 Å². The summed E-state index contributed by atoms with van der Waals surface area (Å²) in [7, 11) is 1.38. The number of nitrogens with one attached hydrogen (secondary N) is 2. The summed E-state index contributed by atoms with van der Waals surface area (Å²) >= 11 is 0. The maximum absolute atomic E-state index is 11.9. The lowest BCUT2D eigenvalue weighted by molar-refractivity contribution is 0.416. The molecule has 8 heteroatoms. The zero-order chi connectivity index (χ0) is 15.0. The standard InChI is InChI=1S/C13H13N5O3/c1-18-12(20)10(11(19)15-13(18)21)9-6-8(16-17-9)7-2-4-14-5-3-7/h2-5,8,16,20H,6H2,1H3,(H,15,19,21)/t8-/m1/s1. The van der Waals surface area contributed by atoms with Crippen molar-refractivity contribution in [3.8, 4) is 5.88 Å². The number of hydrazone groups is 1. The van der Waals surface area contributed by atoms with Crippen LogP contribution < -0.4 is 16.7 Å². The van der Waals surface area contributed by atoms with Crippen LogP contribution in [0.1, 0.15) is 23.6 Å². The number of pyridine rings is 1. The van der Waals surface area contributed by atoms with Crippen LogP contribution in [0.4, 0.5) is 0 Å². The Bertz CT molecular complexity index is 822. The molecule has 0 radical (unpaired) electrons. The smallest absolute Gasteiger partial charge is 0.330 e. The normalized spacial score (nSPS) is 17.4. The summed E-state index contributed by atoms with van der Waals surface area (Å²) in [6, 6.07) is 3.60. The third kappa shape index (κ3) is 2.20. The monoisotopic (exact) mass is 287 g/mol. The van der Waals surface area contributed by atoms with Crippen LogP contribution in [-0.4, -0.2) is 25.4 Å². The first-order chi connectivity index (χ1) is 10.1. The van der Waals surface area contributed by atoms with E-state index in [0.717, 1.165) is 10.1 Å². The highest BCUT2D eigenvalue weighted by Gasteiger charge is 2.26. The number of aromatic nitrogens is 3. The van der Waals surface area contributed by atoms with Crippen LogP contribution in [0.5, 0.6) is 5.88 Å². The summed E-state index contributed by atoms with van der Waals surface area (Å²) in [5, 5.41) is 14.1. The Morgan fingerprint density at radius 1 is 1.33 bits per heavy atom. The predicted octanol–water partition coefficient (Wildman–Crippen LogP) is -0.387. The molecular formula is C13H13N5O3. The van der Waals surface area contributed by atoms with Gasteiger partial charge in [-0.15, -0.1) is 0 Å². The molecule has 0 spiro atoms. The molecule has 3 N–H and O–H groups in total. The topological polar surface area (TPSA) is 112 Å². The molecular weight excluding hydrogens is 274 g/mol. The van der Waals surface area contributed by atoms with Gasteiger partial charge in [-0.2, -0.15) is 5.10 Å². The van der Waals surface area contributed by atoms with Gasteiger partial charge in [0.15, 0.2) is 0 Å². The molecule has 108 valence electrons. The van der Waals surface area contributed by atoms with Crippen molar-refractivity contribution < 1.29 is 5.11 Å². The lowest BCUT2D eigenvalue weighted by atomic mass is 10.0. The van der Waals surface area contributed by atoms with Gasteiger partial charge in [0.25, 0.3) is 5.56 Å². The maximum atomic E-state index is 11.9. The van der Waals surface area contributed by atoms with Crippen LogP contribution in [0.3, 0.4) is 0 Å². The zero-order valence-electron chi connectivity index (χ0n) is 11.2. The van der Waals surface area contributed by atoms with Crippen LogP contribution >= 0.6 is 0 Å². The minimum atomic E-state index is -0.668. The third-order valence-electron chi connectivity index (χ3n) is 3.44. The molecule has 0 aromatic carbocycles. The molecule has 1 aliphatic heterocycles. The lowest BCUT2D eigenvalue weighted by Gasteiger charge is -2.09. The van der Waals surface area contributed by atoms with E-state index in [0.29, 0.717) is 12.1 Å². The first-order valence-electron chi connectivity index (χ1n) is 6.32. The second-order valence-electron chi connectivity index (χ2n) is 4.74. The number of aromatic amines is 1. The van der Waals surface area contributed by atoms with Crippen molar-refractivity contribution in [2.75, 3.05) is 0 Å². The minimum Gasteiger partial charge on any atom is -0.494 e. The second kappa shape index (κ2) is 4.89. The highest BCUT2D eigenvalue weighted by molar-refractivity contribution is 6.03. The van der Waals surface area contributed by atoms with E-state index in [1.807, 2.05) is 12.1 Å². The molecule has 21 heavy (non-hydrogen) atoms. The van der Waals surface area contributed by atoms with Gasteiger partial charge < -0.3 is 10.5 Å². The molecule has 1 aliphatic rings. The van der Waals surface area contributed by atoms with Crippen molar-refractivity contribution >= 4 is 5.71 Å². The van der Waals surface area contributed by atoms with E-state index in [1.54, 1.807) is 12.4 Å². The molecule has 3 heterocycles. The fraction of sp³-hybridized carbons (Fsp3) is 0.231. The first-order valence-corrected chi connectivity index (χ1v) is 6.32. The van der Waals surface area contributed by atoms with Crippen molar-refractivity contribution in [3.63, 3.8) is 0 Å². The van der Waals surface area contributed by atoms with Crippen LogP contribution in [-0.2, 0) is 7.05 Å². The SMILES string of the molecule is Cn1c(O)c(C2=NN[C@@H](c3ccncc3)C2)c(=O)[nH]c1=O. The van der Waals surface area contributed by atoms with Crippen LogP contribution in [0, 0.1) is 0 Å². The van der Waals surface area contributed by atoms with Crippen molar-refractivity contribution in [1.29, 1.82) is 0 Å². The van der Waals surface area contributed by atoms with Crippen molar-refractivity contribution in [2.45, 2.75) is 12.5 Å². The molecule has 0 saturated carbocycles. The Balaban J connectivity index is 1.96. The lowest BCUT2D eigenvalue weighted by Crippen LogP contribution is -2.32. The molecule has 3 rings (SSSR count). The summed E-state index contributed by atoms with van der Waals surface area (Å²) in [6.07, 6.45) is 3.77. The Morgan fingerprint density at radius 3 is 2.76 bits per heavy atom. The van der Waals surface area contributed by atoms with Gasteiger partial charge in [0.1, 0.15) is 5.56 Å². The third-order valence-corrected chi connectivity index (χ3v) is 3.44. The summed E-state index contributed by atoms with van der Waals surface area (Å²) in [6.45, 7) is 0. The average molecular weight is 287 g/mol. The molecule has 0 saturated heterocycles. The van der Waals surface area contributed by atoms with E-state index >= 15 is 0 Å². The van der Waals surface area contributed by atoms with Crippen LogP contribution in [0.2, 0.25) is 0 Å². The van der Waals surface area contributed by atoms with E-state index < -0.39 is 11.2 Å². The molecule has 0 bridgehead atoms. The highest BCUT2D eigenvalue weighted by atomic mass is 16.3. The second-order valence-corrected chi connectivity index (χ2v) is 4.74. The number of nitrogens with zero attached hydrogens (tertiary/aromatic N) is 3. The van der Waals surface area contributed by atoms with E-state index in [1.165, 1.54) is 7.05 Å². The fourth-order valence-electron chi connectivity index (χ4n) is 2.26. The average Bonchev–Trinajstić information content (AvgIpc) is 2.95. The van der Waals surface area contributed by atoms with Gasteiger partial charge >= 0.3 is 5.69 Å². The van der Waals surface area contributed by atoms with Gasteiger partial charge in [-0.25, -0.2) is 4.79 Å². The van der Waals surface area contributed by atoms with Gasteiger partial charge in [0.05, 0.1) is 11.8 Å². The number of rotatable bonds is 2. The Hall–Kier alpha value is -2.90. The van der Waals surface area contributed by atoms with E-state index in [2.05, 4.69) is 20.5 Å². The van der Waals surface area contributed by atoms with E-state index in [-0.39, 0.29) is 17.5 Å². The van der Waals surface area contributed by atoms with Gasteiger partial charge in [-0.3, -0.25) is 19.3 Å². The van der Waals surface area contributed by atoms with Crippen LogP contribution in [0.25, 0.3) is 0 Å². The van der Waals surface area contributed by atoms with Gasteiger partial charge in [-0.05, 0) is 17.7 Å². The largest absolute Gasteiger partial charge is 0.494 e. The van der Waals surface area contributed by atoms with E-state index in [9.17, 15) is 14.7 Å². The van der Waals surface area contributed by atoms with Gasteiger partial charge in [-0.1, -0.05) is 0 Å². The molecule has 0 unspecified atom stereocenters. The van der Waals surface area contributed by atoms with Crippen molar-refractivity contribution in [1.82, 2.24) is 20.0 Å². The highest BCUT2D eigenvalue weighted by Crippen LogP contribution is 2.25. The molecule has 0 aliphatic carbocycles. The Morgan fingerprint density at radius 2 is 2.05 bits per heavy atom. The summed E-state index contributed by atoms with van der Waals surface area (Å²) in [5.74, 6) is -0.389. The van der Waals surface area contributed by atoms with Gasteiger partial charge in [0.2, 0.25) is 5.88 Å². The van der Waals surface area contributed by atoms with Crippen molar-refractivity contribution in [3.05, 3.63) is 56.5 Å². The molecule has 2 aromatic heterocycles. The number of H-pyrrole nitrogens is 1. The molecule has 0 fully saturated rings. The summed E-state index contributed by atoms with van der Waals surface area (Å²) in [4.78, 5) is 29.4. The first kappa shape index (κ1) is 13.1. The number of aromatic hydroxyl groups is 1. The number of hydrogen-bond acceptors (Lipinski definition) is 6. The van der Waals surface area contributed by atoms with Crippen molar-refractivity contribution in [2.24, 2.45) is 12.1 Å².